The first-order valence-electron chi connectivity index (χ1n) is 6.70. The van der Waals surface area contributed by atoms with Gasteiger partial charge in [0, 0.05) is 0 Å². The number of hydrogen-bond acceptors (Lipinski definition) is 1. The van der Waals surface area contributed by atoms with Gasteiger partial charge in [-0.1, -0.05) is 13.3 Å². The van der Waals surface area contributed by atoms with Crippen molar-refractivity contribution in [3.63, 3.8) is 0 Å². The molecule has 0 fully saturated rings. The summed E-state index contributed by atoms with van der Waals surface area (Å²) < 4.78 is 5.11. The molecule has 2 heteroatoms. The van der Waals surface area contributed by atoms with E-state index in [1.165, 1.54) is 95.8 Å². The first-order chi connectivity index (χ1) is 7.41. The first-order valence-corrected chi connectivity index (χ1v) is 7.70. The topological polar surface area (TPSA) is 9.23 Å². The summed E-state index contributed by atoms with van der Waals surface area (Å²) in [4.78, 5) is 0. The molecule has 0 aliphatic carbocycles. The van der Waals surface area contributed by atoms with E-state index in [2.05, 4.69) is 6.92 Å². The Kier molecular flexibility index (Phi) is 15.7. The van der Waals surface area contributed by atoms with Crippen molar-refractivity contribution in [1.82, 2.24) is 0 Å². The van der Waals surface area contributed by atoms with Crippen molar-refractivity contribution in [2.24, 2.45) is 0 Å². The van der Waals surface area contributed by atoms with Gasteiger partial charge in [0.15, 0.2) is 0 Å². The average Bonchev–Trinajstić information content (AvgIpc) is 2.26. The van der Waals surface area contributed by atoms with Gasteiger partial charge >= 0.3 is 98.8 Å². The fourth-order valence-electron chi connectivity index (χ4n) is 1.84. The summed E-state index contributed by atoms with van der Waals surface area (Å²) >= 11 is 1.22. The molecule has 0 unspecified atom stereocenters. The van der Waals surface area contributed by atoms with Crippen LogP contribution < -0.4 is 0 Å². The predicted octanol–water partition coefficient (Wildman–Crippen LogP) is 4.78. The number of hydrogen-bond donors (Lipinski definition) is 0. The summed E-state index contributed by atoms with van der Waals surface area (Å²) in [6, 6.07) is 0. The molecule has 0 rings (SSSR count). The van der Waals surface area contributed by atoms with E-state index in [0.717, 1.165) is 6.61 Å². The summed E-state index contributed by atoms with van der Waals surface area (Å²) in [5, 5.41) is 0. The van der Waals surface area contributed by atoms with Crippen LogP contribution in [0.2, 0.25) is 0 Å². The zero-order chi connectivity index (χ0) is 11.2. The molecule has 89 valence electrons. The van der Waals surface area contributed by atoms with Crippen molar-refractivity contribution >= 4 is 0 Å². The Morgan fingerprint density at radius 3 is 1.47 bits per heavy atom. The maximum absolute atomic E-state index is 5.11. The predicted molar refractivity (Wildman–Crippen MR) is 62.4 cm³/mol. The zero-order valence-electron chi connectivity index (χ0n) is 10.4. The third kappa shape index (κ3) is 14.8. The standard InChI is InChI=1S/C13H27O.Zr/c1-2-3-4-5-6-7-8-9-10-11-12-13-14;/h2-13H2,1H3;/q-1;+1. The molecule has 0 radical (unpaired) electrons. The Morgan fingerprint density at radius 2 is 1.07 bits per heavy atom. The van der Waals surface area contributed by atoms with Crippen LogP contribution >= 0.6 is 0 Å². The fourth-order valence-corrected chi connectivity index (χ4v) is 2.19. The molecular weight excluding hydrogens is 263 g/mol. The molecular formula is C13H27OZr. The maximum atomic E-state index is 5.11. The second kappa shape index (κ2) is 14.8. The van der Waals surface area contributed by atoms with Crippen molar-refractivity contribution < 1.29 is 28.0 Å². The number of unbranched alkanes of at least 4 members (excludes halogenated alkanes) is 10. The normalized spacial score (nSPS) is 10.7. The third-order valence-electron chi connectivity index (χ3n) is 2.85. The van der Waals surface area contributed by atoms with Crippen LogP contribution in [0.3, 0.4) is 0 Å². The van der Waals surface area contributed by atoms with E-state index in [1.54, 1.807) is 0 Å². The quantitative estimate of drug-likeness (QED) is 0.470. The van der Waals surface area contributed by atoms with Crippen LogP contribution in [0.5, 0.6) is 0 Å². The molecule has 0 saturated heterocycles. The molecule has 0 spiro atoms. The van der Waals surface area contributed by atoms with Gasteiger partial charge in [-0.3, -0.25) is 0 Å². The van der Waals surface area contributed by atoms with Gasteiger partial charge in [0.1, 0.15) is 0 Å². The van der Waals surface area contributed by atoms with E-state index in [1.807, 2.05) is 0 Å². The van der Waals surface area contributed by atoms with Crippen LogP contribution in [0.25, 0.3) is 0 Å². The van der Waals surface area contributed by atoms with E-state index in [-0.39, 0.29) is 0 Å². The SMILES string of the molecule is CCCCCCCCCCCCC[O][Zr]. The van der Waals surface area contributed by atoms with Gasteiger partial charge in [-0.05, 0) is 0 Å². The minimum atomic E-state index is 0.981. The first kappa shape index (κ1) is 15.8. The van der Waals surface area contributed by atoms with Crippen LogP contribution in [-0.2, 0) is 28.0 Å². The summed E-state index contributed by atoms with van der Waals surface area (Å²) in [6.07, 6.45) is 15.5. The Labute approximate surface area is 112 Å². The minimum absolute atomic E-state index is 0.981. The molecule has 0 atom stereocenters. The molecule has 0 bridgehead atoms. The van der Waals surface area contributed by atoms with E-state index in [9.17, 15) is 0 Å². The second-order valence-electron chi connectivity index (χ2n) is 4.38. The fraction of sp³-hybridized carbons (Fsp3) is 1.00. The van der Waals surface area contributed by atoms with Gasteiger partial charge < -0.3 is 0 Å². The number of rotatable bonds is 12. The van der Waals surface area contributed by atoms with Crippen molar-refractivity contribution in [2.75, 3.05) is 6.61 Å². The molecule has 15 heavy (non-hydrogen) atoms. The Morgan fingerprint density at radius 1 is 0.667 bits per heavy atom. The van der Waals surface area contributed by atoms with Gasteiger partial charge in [-0.15, -0.1) is 0 Å². The van der Waals surface area contributed by atoms with Crippen LogP contribution in [0, 0.1) is 0 Å². The van der Waals surface area contributed by atoms with Crippen molar-refractivity contribution in [3.8, 4) is 0 Å². The van der Waals surface area contributed by atoms with Crippen LogP contribution in [0.15, 0.2) is 0 Å². The van der Waals surface area contributed by atoms with Gasteiger partial charge in [0.2, 0.25) is 0 Å². The molecule has 1 nitrogen and oxygen atoms in total. The van der Waals surface area contributed by atoms with E-state index in [4.69, 9.17) is 2.81 Å². The molecule has 0 aromatic carbocycles. The Hall–Kier alpha value is 0.843. The van der Waals surface area contributed by atoms with Gasteiger partial charge in [0.05, 0.1) is 0 Å². The summed E-state index contributed by atoms with van der Waals surface area (Å²) in [5.74, 6) is 0. The summed E-state index contributed by atoms with van der Waals surface area (Å²) in [5.41, 5.74) is 0. The van der Waals surface area contributed by atoms with E-state index in [0.29, 0.717) is 0 Å². The van der Waals surface area contributed by atoms with Crippen molar-refractivity contribution in [1.29, 1.82) is 0 Å². The molecule has 0 saturated carbocycles. The molecule has 0 aliphatic rings. The van der Waals surface area contributed by atoms with Gasteiger partial charge in [-0.2, -0.15) is 0 Å². The van der Waals surface area contributed by atoms with Crippen LogP contribution in [0.4, 0.5) is 0 Å². The molecule has 0 aliphatic heterocycles. The van der Waals surface area contributed by atoms with Crippen molar-refractivity contribution in [2.45, 2.75) is 77.6 Å². The van der Waals surface area contributed by atoms with Gasteiger partial charge in [-0.25, -0.2) is 0 Å². The van der Waals surface area contributed by atoms with Crippen LogP contribution in [-0.4, -0.2) is 6.61 Å². The Balaban J connectivity index is 2.81. The van der Waals surface area contributed by atoms with Gasteiger partial charge in [0.25, 0.3) is 0 Å². The van der Waals surface area contributed by atoms with E-state index < -0.39 is 0 Å². The second-order valence-corrected chi connectivity index (χ2v) is 5.09. The summed E-state index contributed by atoms with van der Waals surface area (Å²) in [7, 11) is 0. The third-order valence-corrected chi connectivity index (χ3v) is 3.35. The monoisotopic (exact) mass is 289 g/mol. The molecule has 0 heterocycles. The summed E-state index contributed by atoms with van der Waals surface area (Å²) in [6.45, 7) is 3.26. The van der Waals surface area contributed by atoms with Crippen LogP contribution in [0.1, 0.15) is 77.6 Å². The molecule has 0 amide bonds. The molecule has 0 N–H and O–H groups in total. The average molecular weight is 291 g/mol. The van der Waals surface area contributed by atoms with Crippen molar-refractivity contribution in [3.05, 3.63) is 0 Å². The zero-order valence-corrected chi connectivity index (χ0v) is 12.9. The Bertz CT molecular complexity index is 94.7. The molecule has 0 aromatic heterocycles. The van der Waals surface area contributed by atoms with E-state index >= 15 is 0 Å². The molecule has 0 aromatic rings.